The van der Waals surface area contributed by atoms with E-state index in [1.165, 1.54) is 16.8 Å². The fourth-order valence-electron chi connectivity index (χ4n) is 0.883. The fourth-order valence-corrected chi connectivity index (χ4v) is 0.883. The first-order chi connectivity index (χ1) is 5.79. The van der Waals surface area contributed by atoms with Crippen LogP contribution in [-0.2, 0) is 0 Å². The van der Waals surface area contributed by atoms with Crippen molar-refractivity contribution >= 4 is 12.3 Å². The van der Waals surface area contributed by atoms with Crippen LogP contribution in [0.15, 0.2) is 29.7 Å². The van der Waals surface area contributed by atoms with Crippen LogP contribution in [0.4, 0.5) is 0 Å². The van der Waals surface area contributed by atoms with Crippen molar-refractivity contribution in [3.8, 4) is 0 Å². The van der Waals surface area contributed by atoms with Gasteiger partial charge in [0.05, 0.1) is 0 Å². The summed E-state index contributed by atoms with van der Waals surface area (Å²) in [6.07, 6.45) is 6.45. The molecule has 0 aliphatic carbocycles. The van der Waals surface area contributed by atoms with Crippen LogP contribution in [0.5, 0.6) is 0 Å². The highest BCUT2D eigenvalue weighted by atomic mass is 16.1. The lowest BCUT2D eigenvalue weighted by molar-refractivity contribution is 0.965. The van der Waals surface area contributed by atoms with Gasteiger partial charge in [0.1, 0.15) is 5.82 Å². The van der Waals surface area contributed by atoms with Gasteiger partial charge in [-0.25, -0.2) is 4.98 Å². The van der Waals surface area contributed by atoms with Crippen molar-refractivity contribution in [2.24, 2.45) is 0 Å². The zero-order chi connectivity index (χ0) is 8.97. The molecule has 0 saturated heterocycles. The third-order valence-corrected chi connectivity index (χ3v) is 1.39. The van der Waals surface area contributed by atoms with Crippen LogP contribution in [0, 0.1) is 0 Å². The van der Waals surface area contributed by atoms with Gasteiger partial charge in [-0.2, -0.15) is 0 Å². The van der Waals surface area contributed by atoms with E-state index in [-0.39, 0.29) is 5.56 Å². The van der Waals surface area contributed by atoms with Crippen molar-refractivity contribution in [3.63, 3.8) is 0 Å². The highest BCUT2D eigenvalue weighted by Crippen LogP contribution is 1.93. The molecule has 3 heteroatoms. The molecule has 0 bridgehead atoms. The first-order valence-electron chi connectivity index (χ1n) is 3.62. The molecule has 0 saturated carbocycles. The summed E-state index contributed by atoms with van der Waals surface area (Å²) in [6.45, 7) is 5.40. The standard InChI is InChI=1S/C9H10N2O/c1-3-7-11-8(4-2)10-6-5-9(11)12/h3-7H,2H2,1H3/b7-3-. The van der Waals surface area contributed by atoms with E-state index < -0.39 is 0 Å². The summed E-state index contributed by atoms with van der Waals surface area (Å²) in [4.78, 5) is 15.2. The Bertz CT molecular complexity index is 363. The van der Waals surface area contributed by atoms with Crippen molar-refractivity contribution < 1.29 is 0 Å². The van der Waals surface area contributed by atoms with Gasteiger partial charge < -0.3 is 0 Å². The number of nitrogens with zero attached hydrogens (tertiary/aromatic N) is 2. The Morgan fingerprint density at radius 2 is 2.42 bits per heavy atom. The molecule has 1 rings (SSSR count). The molecular formula is C9H10N2O. The quantitative estimate of drug-likeness (QED) is 0.658. The minimum absolute atomic E-state index is 0.0991. The van der Waals surface area contributed by atoms with E-state index in [4.69, 9.17) is 0 Å². The predicted molar refractivity (Wildman–Crippen MR) is 49.6 cm³/mol. The number of aromatic nitrogens is 2. The minimum atomic E-state index is -0.0991. The molecular weight excluding hydrogens is 152 g/mol. The van der Waals surface area contributed by atoms with Gasteiger partial charge >= 0.3 is 0 Å². The molecule has 1 heterocycles. The van der Waals surface area contributed by atoms with Crippen LogP contribution in [0.25, 0.3) is 12.3 Å². The van der Waals surface area contributed by atoms with Crippen molar-refractivity contribution in [1.82, 2.24) is 9.55 Å². The molecule has 0 atom stereocenters. The van der Waals surface area contributed by atoms with Crippen LogP contribution in [0.2, 0.25) is 0 Å². The zero-order valence-corrected chi connectivity index (χ0v) is 6.90. The summed E-state index contributed by atoms with van der Waals surface area (Å²) < 4.78 is 1.44. The van der Waals surface area contributed by atoms with Crippen molar-refractivity contribution in [3.05, 3.63) is 41.1 Å². The van der Waals surface area contributed by atoms with Gasteiger partial charge in [0.2, 0.25) is 0 Å². The van der Waals surface area contributed by atoms with Crippen LogP contribution < -0.4 is 5.56 Å². The summed E-state index contributed by atoms with van der Waals surface area (Å²) in [5.74, 6) is 0.556. The predicted octanol–water partition coefficient (Wildman–Crippen LogP) is 1.38. The molecule has 0 N–H and O–H groups in total. The first kappa shape index (κ1) is 8.46. The lowest BCUT2D eigenvalue weighted by atomic mass is 10.5. The zero-order valence-electron chi connectivity index (χ0n) is 6.90. The normalized spacial score (nSPS) is 10.4. The molecule has 0 aliphatic rings. The molecule has 0 unspecified atom stereocenters. The Labute approximate surface area is 70.7 Å². The average Bonchev–Trinajstić information content (AvgIpc) is 2.09. The number of hydrogen-bond acceptors (Lipinski definition) is 2. The molecule has 0 aliphatic heterocycles. The van der Waals surface area contributed by atoms with Crippen LogP contribution in [0.3, 0.4) is 0 Å². The smallest absolute Gasteiger partial charge is 0.257 e. The van der Waals surface area contributed by atoms with E-state index in [1.54, 1.807) is 18.4 Å². The van der Waals surface area contributed by atoms with E-state index >= 15 is 0 Å². The maximum absolute atomic E-state index is 11.2. The Morgan fingerprint density at radius 3 is 3.00 bits per heavy atom. The monoisotopic (exact) mass is 162 g/mol. The van der Waals surface area contributed by atoms with Crippen LogP contribution in [-0.4, -0.2) is 9.55 Å². The van der Waals surface area contributed by atoms with Crippen molar-refractivity contribution in [2.45, 2.75) is 6.92 Å². The molecule has 62 valence electrons. The highest BCUT2D eigenvalue weighted by Gasteiger charge is 1.95. The maximum Gasteiger partial charge on any atom is 0.257 e. The van der Waals surface area contributed by atoms with Crippen LogP contribution in [0.1, 0.15) is 12.7 Å². The Kier molecular flexibility index (Phi) is 2.58. The summed E-state index contributed by atoms with van der Waals surface area (Å²) >= 11 is 0. The molecule has 1 aromatic heterocycles. The van der Waals surface area contributed by atoms with Gasteiger partial charge in [0, 0.05) is 18.5 Å². The van der Waals surface area contributed by atoms with E-state index in [2.05, 4.69) is 11.6 Å². The molecule has 3 nitrogen and oxygen atoms in total. The topological polar surface area (TPSA) is 34.9 Å². The Balaban J connectivity index is 3.39. The molecule has 0 aromatic carbocycles. The van der Waals surface area contributed by atoms with Gasteiger partial charge in [0.15, 0.2) is 0 Å². The summed E-state index contributed by atoms with van der Waals surface area (Å²) in [6, 6.07) is 1.41. The van der Waals surface area contributed by atoms with Gasteiger partial charge in [0.25, 0.3) is 5.56 Å². The molecule has 0 amide bonds. The third-order valence-electron chi connectivity index (χ3n) is 1.39. The molecule has 1 aromatic rings. The summed E-state index contributed by atoms with van der Waals surface area (Å²) in [7, 11) is 0. The highest BCUT2D eigenvalue weighted by molar-refractivity contribution is 5.41. The Morgan fingerprint density at radius 1 is 1.67 bits per heavy atom. The summed E-state index contributed by atoms with van der Waals surface area (Å²) in [5, 5.41) is 0. The molecule has 0 fully saturated rings. The van der Waals surface area contributed by atoms with Crippen molar-refractivity contribution in [2.75, 3.05) is 0 Å². The minimum Gasteiger partial charge on any atom is -0.269 e. The molecule has 0 spiro atoms. The lowest BCUT2D eigenvalue weighted by Crippen LogP contribution is -2.17. The molecule has 12 heavy (non-hydrogen) atoms. The van der Waals surface area contributed by atoms with Gasteiger partial charge in [-0.15, -0.1) is 0 Å². The molecule has 0 radical (unpaired) electrons. The van der Waals surface area contributed by atoms with E-state index in [9.17, 15) is 4.79 Å². The summed E-state index contributed by atoms with van der Waals surface area (Å²) in [5.41, 5.74) is -0.0991. The van der Waals surface area contributed by atoms with E-state index in [0.717, 1.165) is 0 Å². The van der Waals surface area contributed by atoms with Gasteiger partial charge in [-0.1, -0.05) is 12.7 Å². The number of hydrogen-bond donors (Lipinski definition) is 0. The lowest BCUT2D eigenvalue weighted by Gasteiger charge is -2.00. The fraction of sp³-hybridized carbons (Fsp3) is 0.111. The largest absolute Gasteiger partial charge is 0.269 e. The van der Waals surface area contributed by atoms with E-state index in [1.807, 2.05) is 6.92 Å². The first-order valence-corrected chi connectivity index (χ1v) is 3.62. The van der Waals surface area contributed by atoms with E-state index in [0.29, 0.717) is 5.82 Å². The SMILES string of the molecule is C=Cc1nccc(=O)n1/C=C\C. The third kappa shape index (κ3) is 1.50. The average molecular weight is 162 g/mol. The maximum atomic E-state index is 11.2. The number of allylic oxidation sites excluding steroid dienone is 1. The Hall–Kier alpha value is -1.64. The van der Waals surface area contributed by atoms with Crippen molar-refractivity contribution in [1.29, 1.82) is 0 Å². The second-order valence-corrected chi connectivity index (χ2v) is 2.20. The second kappa shape index (κ2) is 3.67. The second-order valence-electron chi connectivity index (χ2n) is 2.20. The number of rotatable bonds is 2. The van der Waals surface area contributed by atoms with Crippen LogP contribution >= 0.6 is 0 Å². The van der Waals surface area contributed by atoms with Gasteiger partial charge in [-0.05, 0) is 13.0 Å². The van der Waals surface area contributed by atoms with Gasteiger partial charge in [-0.3, -0.25) is 9.36 Å².